The van der Waals surface area contributed by atoms with E-state index in [9.17, 15) is 4.79 Å². The molecule has 0 radical (unpaired) electrons. The van der Waals surface area contributed by atoms with E-state index in [2.05, 4.69) is 17.0 Å². The van der Waals surface area contributed by atoms with Crippen LogP contribution in [0.5, 0.6) is 0 Å². The summed E-state index contributed by atoms with van der Waals surface area (Å²) in [7, 11) is 1.40. The summed E-state index contributed by atoms with van der Waals surface area (Å²) in [6.45, 7) is 2.72. The van der Waals surface area contributed by atoms with E-state index in [0.29, 0.717) is 13.0 Å². The third kappa shape index (κ3) is 4.75. The molecule has 0 fully saturated rings. The molecule has 0 aliphatic rings. The van der Waals surface area contributed by atoms with Gasteiger partial charge in [-0.3, -0.25) is 4.79 Å². The Morgan fingerprint density at radius 1 is 1.41 bits per heavy atom. The van der Waals surface area contributed by atoms with Crippen molar-refractivity contribution in [2.45, 2.75) is 25.8 Å². The lowest BCUT2D eigenvalue weighted by Crippen LogP contribution is -2.24. The highest BCUT2D eigenvalue weighted by atomic mass is 35.5. The number of hydrogen-bond acceptors (Lipinski definition) is 3. The summed E-state index contributed by atoms with van der Waals surface area (Å²) in [4.78, 5) is 11.0. The van der Waals surface area contributed by atoms with Crippen molar-refractivity contribution in [3.05, 3.63) is 34.9 Å². The number of halogens is 1. The van der Waals surface area contributed by atoms with Gasteiger partial charge in [0, 0.05) is 17.6 Å². The van der Waals surface area contributed by atoms with E-state index in [-0.39, 0.29) is 12.0 Å². The third-order valence-corrected chi connectivity index (χ3v) is 2.88. The van der Waals surface area contributed by atoms with Crippen molar-refractivity contribution in [1.29, 1.82) is 0 Å². The van der Waals surface area contributed by atoms with Gasteiger partial charge < -0.3 is 10.1 Å². The molecule has 0 saturated heterocycles. The molecule has 1 atom stereocenters. The Morgan fingerprint density at radius 2 is 2.06 bits per heavy atom. The maximum absolute atomic E-state index is 11.0. The molecule has 1 aromatic rings. The highest BCUT2D eigenvalue weighted by molar-refractivity contribution is 6.30. The summed E-state index contributed by atoms with van der Waals surface area (Å²) in [5.74, 6) is -0.191. The first-order valence-corrected chi connectivity index (χ1v) is 6.10. The molecule has 1 N–H and O–H groups in total. The Labute approximate surface area is 107 Å². The van der Waals surface area contributed by atoms with Gasteiger partial charge in [-0.05, 0) is 24.1 Å². The van der Waals surface area contributed by atoms with Crippen molar-refractivity contribution in [2.75, 3.05) is 13.7 Å². The predicted molar refractivity (Wildman–Crippen MR) is 69.1 cm³/mol. The van der Waals surface area contributed by atoms with E-state index in [1.54, 1.807) is 0 Å². The monoisotopic (exact) mass is 255 g/mol. The Balaban J connectivity index is 2.48. The van der Waals surface area contributed by atoms with Crippen LogP contribution in [0.4, 0.5) is 0 Å². The van der Waals surface area contributed by atoms with E-state index >= 15 is 0 Å². The zero-order valence-corrected chi connectivity index (χ0v) is 11.0. The standard InChI is InChI=1S/C13H18ClNO2/c1-3-12(15-9-8-13(16)17-2)10-4-6-11(14)7-5-10/h4-7,12,15H,3,8-9H2,1-2H3. The second-order valence-corrected chi connectivity index (χ2v) is 4.23. The number of ether oxygens (including phenoxy) is 1. The quantitative estimate of drug-likeness (QED) is 0.795. The number of carbonyl (C=O) groups is 1. The van der Waals surface area contributed by atoms with Gasteiger partial charge in [-0.2, -0.15) is 0 Å². The Morgan fingerprint density at radius 3 is 2.59 bits per heavy atom. The van der Waals surface area contributed by atoms with E-state index in [4.69, 9.17) is 11.6 Å². The van der Waals surface area contributed by atoms with E-state index in [0.717, 1.165) is 11.4 Å². The molecule has 0 aromatic heterocycles. The maximum Gasteiger partial charge on any atom is 0.306 e. The fourth-order valence-corrected chi connectivity index (χ4v) is 1.77. The maximum atomic E-state index is 11.0. The Bertz CT molecular complexity index is 351. The predicted octanol–water partition coefficient (Wildman–Crippen LogP) is 2.94. The first-order chi connectivity index (χ1) is 8.17. The summed E-state index contributed by atoms with van der Waals surface area (Å²) in [6.07, 6.45) is 1.35. The lowest BCUT2D eigenvalue weighted by molar-refractivity contribution is -0.140. The number of benzene rings is 1. The van der Waals surface area contributed by atoms with Gasteiger partial charge in [-0.15, -0.1) is 0 Å². The van der Waals surface area contributed by atoms with Gasteiger partial charge >= 0.3 is 5.97 Å². The lowest BCUT2D eigenvalue weighted by atomic mass is 10.0. The van der Waals surface area contributed by atoms with Crippen LogP contribution in [0.25, 0.3) is 0 Å². The molecule has 0 aliphatic carbocycles. The van der Waals surface area contributed by atoms with Gasteiger partial charge in [0.2, 0.25) is 0 Å². The van der Waals surface area contributed by atoms with Gasteiger partial charge in [-0.25, -0.2) is 0 Å². The molecular weight excluding hydrogens is 238 g/mol. The van der Waals surface area contributed by atoms with Crippen LogP contribution in [0.1, 0.15) is 31.4 Å². The molecule has 0 amide bonds. The van der Waals surface area contributed by atoms with Gasteiger partial charge in [-0.1, -0.05) is 30.7 Å². The van der Waals surface area contributed by atoms with Gasteiger partial charge in [0.15, 0.2) is 0 Å². The molecule has 0 bridgehead atoms. The minimum atomic E-state index is -0.191. The zero-order valence-electron chi connectivity index (χ0n) is 10.2. The van der Waals surface area contributed by atoms with Crippen LogP contribution in [0.15, 0.2) is 24.3 Å². The molecule has 1 unspecified atom stereocenters. The van der Waals surface area contributed by atoms with E-state index in [1.807, 2.05) is 24.3 Å². The average Bonchev–Trinajstić information content (AvgIpc) is 2.35. The second-order valence-electron chi connectivity index (χ2n) is 3.79. The third-order valence-electron chi connectivity index (χ3n) is 2.63. The highest BCUT2D eigenvalue weighted by Gasteiger charge is 2.09. The van der Waals surface area contributed by atoms with Crippen LogP contribution in [-0.2, 0) is 9.53 Å². The Hall–Kier alpha value is -1.06. The van der Waals surface area contributed by atoms with Crippen LogP contribution >= 0.6 is 11.6 Å². The van der Waals surface area contributed by atoms with Crippen LogP contribution in [0.2, 0.25) is 5.02 Å². The molecule has 0 heterocycles. The molecule has 94 valence electrons. The van der Waals surface area contributed by atoms with Gasteiger partial charge in [0.25, 0.3) is 0 Å². The van der Waals surface area contributed by atoms with Gasteiger partial charge in [0.1, 0.15) is 0 Å². The highest BCUT2D eigenvalue weighted by Crippen LogP contribution is 2.18. The number of carbonyl (C=O) groups excluding carboxylic acids is 1. The van der Waals surface area contributed by atoms with Gasteiger partial charge in [0.05, 0.1) is 13.5 Å². The number of hydrogen-bond donors (Lipinski definition) is 1. The van der Waals surface area contributed by atoms with Crippen LogP contribution in [0.3, 0.4) is 0 Å². The van der Waals surface area contributed by atoms with Crippen molar-refractivity contribution < 1.29 is 9.53 Å². The molecule has 0 spiro atoms. The van der Waals surface area contributed by atoms with Crippen molar-refractivity contribution in [3.8, 4) is 0 Å². The molecule has 3 nitrogen and oxygen atoms in total. The molecule has 0 aliphatic heterocycles. The Kier molecular flexibility index (Phi) is 6.01. The zero-order chi connectivity index (χ0) is 12.7. The minimum absolute atomic E-state index is 0.191. The van der Waals surface area contributed by atoms with Crippen LogP contribution in [-0.4, -0.2) is 19.6 Å². The minimum Gasteiger partial charge on any atom is -0.469 e. The molecule has 17 heavy (non-hydrogen) atoms. The van der Waals surface area contributed by atoms with Crippen LogP contribution in [0, 0.1) is 0 Å². The van der Waals surface area contributed by atoms with Crippen molar-refractivity contribution in [1.82, 2.24) is 5.32 Å². The first-order valence-electron chi connectivity index (χ1n) is 5.73. The fraction of sp³-hybridized carbons (Fsp3) is 0.462. The average molecular weight is 256 g/mol. The normalized spacial score (nSPS) is 12.2. The van der Waals surface area contributed by atoms with Crippen molar-refractivity contribution >= 4 is 17.6 Å². The number of rotatable bonds is 6. The number of esters is 1. The summed E-state index contributed by atoms with van der Waals surface area (Å²) in [5, 5.41) is 4.06. The number of methoxy groups -OCH3 is 1. The van der Waals surface area contributed by atoms with Crippen molar-refractivity contribution in [3.63, 3.8) is 0 Å². The number of nitrogens with one attached hydrogen (secondary N) is 1. The largest absolute Gasteiger partial charge is 0.469 e. The summed E-state index contributed by atoms with van der Waals surface area (Å²) >= 11 is 5.84. The smallest absolute Gasteiger partial charge is 0.306 e. The molecular formula is C13H18ClNO2. The molecule has 4 heteroatoms. The summed E-state index contributed by atoms with van der Waals surface area (Å²) in [5.41, 5.74) is 1.18. The SMILES string of the molecule is CCC(NCCC(=O)OC)c1ccc(Cl)cc1. The lowest BCUT2D eigenvalue weighted by Gasteiger charge is -2.17. The topological polar surface area (TPSA) is 38.3 Å². The van der Waals surface area contributed by atoms with E-state index < -0.39 is 0 Å². The molecule has 0 saturated carbocycles. The molecule has 1 rings (SSSR count). The fourth-order valence-electron chi connectivity index (χ4n) is 1.64. The van der Waals surface area contributed by atoms with E-state index in [1.165, 1.54) is 12.7 Å². The first kappa shape index (κ1) is 14.0. The molecule has 1 aromatic carbocycles. The summed E-state index contributed by atoms with van der Waals surface area (Å²) in [6, 6.07) is 8.00. The second kappa shape index (κ2) is 7.30. The van der Waals surface area contributed by atoms with Crippen molar-refractivity contribution in [2.24, 2.45) is 0 Å². The summed E-state index contributed by atoms with van der Waals surface area (Å²) < 4.78 is 4.59. The van der Waals surface area contributed by atoms with Crippen LogP contribution < -0.4 is 5.32 Å².